The van der Waals surface area contributed by atoms with Crippen molar-refractivity contribution in [2.45, 2.75) is 31.2 Å². The highest BCUT2D eigenvalue weighted by molar-refractivity contribution is 5.95. The Morgan fingerprint density at radius 2 is 1.81 bits per heavy atom. The van der Waals surface area contributed by atoms with Crippen LogP contribution < -0.4 is 24.8 Å². The van der Waals surface area contributed by atoms with Crippen LogP contribution >= 0.6 is 0 Å². The smallest absolute Gasteiger partial charge is 0.319 e. The fourth-order valence-electron chi connectivity index (χ4n) is 4.67. The number of hydrogen-bond acceptors (Lipinski definition) is 5. The zero-order valence-electron chi connectivity index (χ0n) is 18.1. The van der Waals surface area contributed by atoms with Gasteiger partial charge in [0, 0.05) is 29.9 Å². The fraction of sp³-hybridized carbons (Fsp3) is 0.391. The second-order valence-electron chi connectivity index (χ2n) is 7.84. The molecule has 0 unspecified atom stereocenters. The predicted molar refractivity (Wildman–Crippen MR) is 119 cm³/mol. The van der Waals surface area contributed by atoms with Gasteiger partial charge in [-0.3, -0.25) is 4.90 Å². The third-order valence-corrected chi connectivity index (χ3v) is 6.17. The zero-order valence-corrected chi connectivity index (χ0v) is 18.1. The third kappa shape index (κ3) is 3.62. The molecule has 0 saturated heterocycles. The van der Waals surface area contributed by atoms with Gasteiger partial charge in [0.05, 0.1) is 33.4 Å². The second-order valence-corrected chi connectivity index (χ2v) is 7.84. The zero-order chi connectivity index (χ0) is 22.0. The number of anilines is 1. The molecule has 1 aromatic carbocycles. The van der Waals surface area contributed by atoms with Crippen LogP contribution in [0.5, 0.6) is 17.2 Å². The van der Waals surface area contributed by atoms with Crippen molar-refractivity contribution in [2.24, 2.45) is 5.73 Å². The number of fused-ring (bicyclic) bond motifs is 1. The van der Waals surface area contributed by atoms with Crippen molar-refractivity contribution in [2.75, 3.05) is 32.8 Å². The van der Waals surface area contributed by atoms with Crippen LogP contribution in [0.2, 0.25) is 0 Å². The summed E-state index contributed by atoms with van der Waals surface area (Å²) in [5, 5.41) is 1.07. The summed E-state index contributed by atoms with van der Waals surface area (Å²) < 4.78 is 18.7. The summed E-state index contributed by atoms with van der Waals surface area (Å²) in [5.41, 5.74) is 6.98. The predicted octanol–water partition coefficient (Wildman–Crippen LogP) is 3.92. The molecular formula is C23H28N4O4. The van der Waals surface area contributed by atoms with Gasteiger partial charge in [0.1, 0.15) is 28.6 Å². The Kier molecular flexibility index (Phi) is 5.63. The molecule has 1 saturated carbocycles. The van der Waals surface area contributed by atoms with E-state index in [1.54, 1.807) is 44.6 Å². The Morgan fingerprint density at radius 3 is 2.39 bits per heavy atom. The molecule has 1 aliphatic rings. The van der Waals surface area contributed by atoms with E-state index in [2.05, 4.69) is 21.8 Å². The maximum absolute atomic E-state index is 12.7. The molecule has 8 nitrogen and oxygen atoms in total. The van der Waals surface area contributed by atoms with Crippen molar-refractivity contribution in [3.8, 4) is 17.2 Å². The van der Waals surface area contributed by atoms with Crippen molar-refractivity contribution in [3.05, 3.63) is 42.7 Å². The van der Waals surface area contributed by atoms with Crippen LogP contribution in [0.4, 0.5) is 10.5 Å². The first-order valence-electron chi connectivity index (χ1n) is 10.3. The molecule has 2 N–H and O–H groups in total. The summed E-state index contributed by atoms with van der Waals surface area (Å²) in [6.07, 6.45) is 7.81. The SMILES string of the molecule is COc1cc(OC)c(N(CC2(n3ccc4cccnc43)CCCC2)C(N)=O)c(OC)c1. The van der Waals surface area contributed by atoms with Gasteiger partial charge in [-0.05, 0) is 31.0 Å². The quantitative estimate of drug-likeness (QED) is 0.621. The van der Waals surface area contributed by atoms with E-state index in [0.717, 1.165) is 36.7 Å². The summed E-state index contributed by atoms with van der Waals surface area (Å²) >= 11 is 0. The minimum atomic E-state index is -0.572. The topological polar surface area (TPSA) is 91.8 Å². The number of hydrogen-bond donors (Lipinski definition) is 1. The highest BCUT2D eigenvalue weighted by Gasteiger charge is 2.40. The lowest BCUT2D eigenvalue weighted by atomic mass is 9.95. The first-order valence-corrected chi connectivity index (χ1v) is 10.3. The number of carbonyl (C=O) groups excluding carboxylic acids is 1. The van der Waals surface area contributed by atoms with Crippen LogP contribution in [0.15, 0.2) is 42.7 Å². The van der Waals surface area contributed by atoms with E-state index in [-0.39, 0.29) is 5.54 Å². The molecule has 31 heavy (non-hydrogen) atoms. The van der Waals surface area contributed by atoms with Gasteiger partial charge in [0.15, 0.2) is 0 Å². The fourth-order valence-corrected chi connectivity index (χ4v) is 4.67. The third-order valence-electron chi connectivity index (χ3n) is 6.17. The van der Waals surface area contributed by atoms with Gasteiger partial charge in [0.2, 0.25) is 0 Å². The lowest BCUT2D eigenvalue weighted by molar-refractivity contribution is 0.244. The first-order chi connectivity index (χ1) is 15.0. The molecule has 8 heteroatoms. The highest BCUT2D eigenvalue weighted by atomic mass is 16.5. The molecule has 0 radical (unpaired) electrons. The molecule has 164 valence electrons. The Labute approximate surface area is 181 Å². The number of carbonyl (C=O) groups is 1. The summed E-state index contributed by atoms with van der Waals surface area (Å²) in [5.74, 6) is 1.48. The molecule has 4 rings (SSSR count). The number of primary amides is 1. The molecule has 1 fully saturated rings. The molecule has 0 spiro atoms. The first kappa shape index (κ1) is 20.8. The van der Waals surface area contributed by atoms with Crippen LogP contribution in [-0.2, 0) is 5.54 Å². The van der Waals surface area contributed by atoms with Crippen molar-refractivity contribution in [1.82, 2.24) is 9.55 Å². The highest BCUT2D eigenvalue weighted by Crippen LogP contribution is 2.45. The van der Waals surface area contributed by atoms with E-state index < -0.39 is 6.03 Å². The summed E-state index contributed by atoms with van der Waals surface area (Å²) in [7, 11) is 4.66. The van der Waals surface area contributed by atoms with E-state index in [1.165, 1.54) is 0 Å². The number of urea groups is 1. The van der Waals surface area contributed by atoms with Crippen LogP contribution in [0.25, 0.3) is 11.0 Å². The minimum Gasteiger partial charge on any atom is -0.496 e. The number of amides is 2. The van der Waals surface area contributed by atoms with Crippen molar-refractivity contribution in [3.63, 3.8) is 0 Å². The van der Waals surface area contributed by atoms with Crippen LogP contribution in [0.3, 0.4) is 0 Å². The Balaban J connectivity index is 1.83. The van der Waals surface area contributed by atoms with Gasteiger partial charge in [-0.1, -0.05) is 12.8 Å². The molecule has 2 amide bonds. The normalized spacial score (nSPS) is 15.1. The van der Waals surface area contributed by atoms with Crippen molar-refractivity contribution >= 4 is 22.8 Å². The number of benzene rings is 1. The van der Waals surface area contributed by atoms with Crippen LogP contribution in [0.1, 0.15) is 25.7 Å². The lowest BCUT2D eigenvalue weighted by Crippen LogP contribution is -2.48. The molecular weight excluding hydrogens is 396 g/mol. The molecule has 2 heterocycles. The van der Waals surface area contributed by atoms with E-state index in [0.29, 0.717) is 29.5 Å². The van der Waals surface area contributed by atoms with Gasteiger partial charge in [-0.15, -0.1) is 0 Å². The average Bonchev–Trinajstić information content (AvgIpc) is 3.44. The summed E-state index contributed by atoms with van der Waals surface area (Å²) in [4.78, 5) is 18.9. The van der Waals surface area contributed by atoms with E-state index >= 15 is 0 Å². The molecule has 3 aromatic rings. The van der Waals surface area contributed by atoms with Gasteiger partial charge >= 0.3 is 6.03 Å². The van der Waals surface area contributed by atoms with Crippen molar-refractivity contribution in [1.29, 1.82) is 0 Å². The number of nitrogens with two attached hydrogens (primary N) is 1. The molecule has 2 aromatic heterocycles. The van der Waals surface area contributed by atoms with Gasteiger partial charge < -0.3 is 24.5 Å². The minimum absolute atomic E-state index is 0.332. The maximum Gasteiger partial charge on any atom is 0.319 e. The Hall–Kier alpha value is -3.42. The Bertz CT molecular complexity index is 1060. The van der Waals surface area contributed by atoms with Crippen molar-refractivity contribution < 1.29 is 19.0 Å². The number of rotatable bonds is 7. The molecule has 0 aliphatic heterocycles. The van der Waals surface area contributed by atoms with Crippen LogP contribution in [0, 0.1) is 0 Å². The van der Waals surface area contributed by atoms with Gasteiger partial charge in [-0.25, -0.2) is 9.78 Å². The Morgan fingerprint density at radius 1 is 1.13 bits per heavy atom. The number of nitrogens with zero attached hydrogens (tertiary/aromatic N) is 3. The molecule has 1 aliphatic carbocycles. The van der Waals surface area contributed by atoms with E-state index in [9.17, 15) is 4.79 Å². The summed E-state index contributed by atoms with van der Waals surface area (Å²) in [6.45, 7) is 0.377. The van der Waals surface area contributed by atoms with E-state index in [1.807, 2.05) is 12.1 Å². The maximum atomic E-state index is 12.7. The standard InChI is InChI=1S/C23H28N4O4/c1-29-17-13-18(30-2)20(19(14-17)31-3)26(22(24)28)15-23(9-4-5-10-23)27-12-8-16-7-6-11-25-21(16)27/h6-8,11-14H,4-5,9-10,15H2,1-3H3,(H2,24,28). The monoisotopic (exact) mass is 424 g/mol. The second kappa shape index (κ2) is 8.37. The van der Waals surface area contributed by atoms with Gasteiger partial charge in [0.25, 0.3) is 0 Å². The molecule has 0 bridgehead atoms. The number of ether oxygens (including phenoxy) is 3. The average molecular weight is 425 g/mol. The van der Waals surface area contributed by atoms with Crippen LogP contribution in [-0.4, -0.2) is 43.5 Å². The lowest BCUT2D eigenvalue weighted by Gasteiger charge is -2.37. The summed E-state index contributed by atoms with van der Waals surface area (Å²) in [6, 6.07) is 8.91. The van der Waals surface area contributed by atoms with Gasteiger partial charge in [-0.2, -0.15) is 0 Å². The largest absolute Gasteiger partial charge is 0.496 e. The number of aromatic nitrogens is 2. The molecule has 0 atom stereocenters. The number of pyridine rings is 1. The van der Waals surface area contributed by atoms with E-state index in [4.69, 9.17) is 19.9 Å². The number of methoxy groups -OCH3 is 3.